The predicted molar refractivity (Wildman–Crippen MR) is 107 cm³/mol. The molecule has 1 fully saturated rings. The third kappa shape index (κ3) is 4.42. The van der Waals surface area contributed by atoms with Gasteiger partial charge in [-0.05, 0) is 49.4 Å². The number of nitrogens with one attached hydrogen (secondary N) is 1. The van der Waals surface area contributed by atoms with Crippen molar-refractivity contribution in [1.29, 1.82) is 0 Å². The maximum atomic E-state index is 12.7. The Morgan fingerprint density at radius 2 is 2.11 bits per heavy atom. The molecular formula is C22H26N2O3. The monoisotopic (exact) mass is 366 g/mol. The maximum Gasteiger partial charge on any atom is 0.246 e. The second-order valence-corrected chi connectivity index (χ2v) is 7.11. The number of ether oxygens (including phenoxy) is 2. The minimum atomic E-state index is 0.0906. The molecule has 0 radical (unpaired) electrons. The Morgan fingerprint density at radius 3 is 3.00 bits per heavy atom. The molecule has 4 rings (SSSR count). The van der Waals surface area contributed by atoms with Crippen LogP contribution in [-0.4, -0.2) is 38.3 Å². The third-order valence-electron chi connectivity index (χ3n) is 5.15. The van der Waals surface area contributed by atoms with Gasteiger partial charge < -0.3 is 19.7 Å². The number of carbonyl (C=O) groups excluding carboxylic acids is 1. The molecular weight excluding hydrogens is 340 g/mol. The van der Waals surface area contributed by atoms with Gasteiger partial charge in [0.15, 0.2) is 0 Å². The normalized spacial score (nSPS) is 18.8. The van der Waals surface area contributed by atoms with Crippen molar-refractivity contribution in [2.24, 2.45) is 0 Å². The number of amides is 1. The molecule has 0 saturated carbocycles. The van der Waals surface area contributed by atoms with Gasteiger partial charge in [0.1, 0.15) is 12.4 Å². The Kier molecular flexibility index (Phi) is 5.58. The van der Waals surface area contributed by atoms with Gasteiger partial charge in [-0.1, -0.05) is 24.3 Å². The average molecular weight is 366 g/mol. The highest BCUT2D eigenvalue weighted by Crippen LogP contribution is 2.27. The molecule has 2 aromatic carbocycles. The Morgan fingerprint density at radius 1 is 1.19 bits per heavy atom. The molecule has 5 nitrogen and oxygen atoms in total. The van der Waals surface area contributed by atoms with Gasteiger partial charge in [0.2, 0.25) is 5.91 Å². The van der Waals surface area contributed by atoms with Crippen molar-refractivity contribution in [2.75, 3.05) is 36.5 Å². The van der Waals surface area contributed by atoms with Gasteiger partial charge in [0.25, 0.3) is 0 Å². The molecule has 2 heterocycles. The molecule has 1 saturated heterocycles. The molecule has 0 spiro atoms. The number of aryl methyl sites for hydroxylation is 1. The fraction of sp³-hybridized carbons (Fsp3) is 0.409. The molecule has 5 heteroatoms. The van der Waals surface area contributed by atoms with Crippen molar-refractivity contribution in [1.82, 2.24) is 0 Å². The number of hydrogen-bond donors (Lipinski definition) is 1. The largest absolute Gasteiger partial charge is 0.491 e. The van der Waals surface area contributed by atoms with Gasteiger partial charge in [-0.3, -0.25) is 4.79 Å². The number of carbonyl (C=O) groups is 1. The van der Waals surface area contributed by atoms with Crippen molar-refractivity contribution in [3.05, 3.63) is 54.1 Å². The second kappa shape index (κ2) is 8.44. The fourth-order valence-corrected chi connectivity index (χ4v) is 3.73. The van der Waals surface area contributed by atoms with Gasteiger partial charge in [0.05, 0.1) is 12.6 Å². The van der Waals surface area contributed by atoms with Crippen LogP contribution in [0.3, 0.4) is 0 Å². The van der Waals surface area contributed by atoms with Crippen LogP contribution in [-0.2, 0) is 16.0 Å². The predicted octanol–water partition coefficient (Wildman–Crippen LogP) is 3.64. The summed E-state index contributed by atoms with van der Waals surface area (Å²) >= 11 is 0. The fourth-order valence-electron chi connectivity index (χ4n) is 3.73. The molecule has 0 aliphatic carbocycles. The second-order valence-electron chi connectivity index (χ2n) is 7.11. The zero-order valence-corrected chi connectivity index (χ0v) is 15.5. The number of rotatable bonds is 6. The first-order chi connectivity index (χ1) is 13.3. The van der Waals surface area contributed by atoms with Crippen LogP contribution in [0.25, 0.3) is 0 Å². The molecule has 1 unspecified atom stereocenters. The van der Waals surface area contributed by atoms with Gasteiger partial charge in [-0.25, -0.2) is 0 Å². The highest BCUT2D eigenvalue weighted by molar-refractivity contribution is 5.97. The lowest BCUT2D eigenvalue weighted by Crippen LogP contribution is -2.39. The first kappa shape index (κ1) is 17.9. The number of anilines is 2. The summed E-state index contributed by atoms with van der Waals surface area (Å²) < 4.78 is 11.4. The number of benzene rings is 2. The zero-order valence-electron chi connectivity index (χ0n) is 15.5. The standard InChI is InChI=1S/C22H26N2O3/c25-22(24-12-4-7-17-6-1-2-11-21(17)24)15-23-18-8-3-9-19(14-18)27-16-20-10-5-13-26-20/h1-3,6,8-9,11,14,20,23H,4-5,7,10,12-13,15-16H2. The van der Waals surface area contributed by atoms with Gasteiger partial charge in [-0.15, -0.1) is 0 Å². The van der Waals surface area contributed by atoms with Crippen LogP contribution in [0.5, 0.6) is 5.75 Å². The van der Waals surface area contributed by atoms with Crippen LogP contribution in [0.4, 0.5) is 11.4 Å². The SMILES string of the molecule is O=C(CNc1cccc(OCC2CCCO2)c1)N1CCCc2ccccc21. The Bertz CT molecular complexity index is 787. The van der Waals surface area contributed by atoms with E-state index in [0.29, 0.717) is 6.61 Å². The van der Waals surface area contributed by atoms with Crippen LogP contribution < -0.4 is 15.0 Å². The summed E-state index contributed by atoms with van der Waals surface area (Å²) in [5.41, 5.74) is 3.18. The van der Waals surface area contributed by atoms with Crippen molar-refractivity contribution in [3.63, 3.8) is 0 Å². The lowest BCUT2D eigenvalue weighted by atomic mass is 10.0. The molecule has 0 aromatic heterocycles. The van der Waals surface area contributed by atoms with Crippen LogP contribution >= 0.6 is 0 Å². The van der Waals surface area contributed by atoms with E-state index < -0.39 is 0 Å². The third-order valence-corrected chi connectivity index (χ3v) is 5.15. The van der Waals surface area contributed by atoms with E-state index in [1.165, 1.54) is 5.56 Å². The van der Waals surface area contributed by atoms with E-state index in [1.807, 2.05) is 47.4 Å². The summed E-state index contributed by atoms with van der Waals surface area (Å²) in [6.07, 6.45) is 4.41. The van der Waals surface area contributed by atoms with Crippen LogP contribution in [0, 0.1) is 0 Å². The molecule has 2 aromatic rings. The molecule has 27 heavy (non-hydrogen) atoms. The number of nitrogens with zero attached hydrogens (tertiary/aromatic N) is 1. The molecule has 1 amide bonds. The van der Waals surface area contributed by atoms with Gasteiger partial charge in [0, 0.05) is 30.6 Å². The molecule has 0 bridgehead atoms. The van der Waals surface area contributed by atoms with E-state index in [1.54, 1.807) is 0 Å². The number of fused-ring (bicyclic) bond motifs is 1. The molecule has 2 aliphatic heterocycles. The number of para-hydroxylation sites is 1. The van der Waals surface area contributed by atoms with E-state index in [-0.39, 0.29) is 18.6 Å². The average Bonchev–Trinajstić information content (AvgIpc) is 3.24. The summed E-state index contributed by atoms with van der Waals surface area (Å²) in [6, 6.07) is 15.9. The molecule has 142 valence electrons. The maximum absolute atomic E-state index is 12.7. The van der Waals surface area contributed by atoms with Crippen LogP contribution in [0.1, 0.15) is 24.8 Å². The minimum absolute atomic E-state index is 0.0906. The van der Waals surface area contributed by atoms with Crippen LogP contribution in [0.2, 0.25) is 0 Å². The van der Waals surface area contributed by atoms with E-state index in [0.717, 1.165) is 56.0 Å². The quantitative estimate of drug-likeness (QED) is 0.848. The lowest BCUT2D eigenvalue weighted by molar-refractivity contribution is -0.117. The summed E-state index contributed by atoms with van der Waals surface area (Å²) in [7, 11) is 0. The Labute approximate surface area is 160 Å². The Balaban J connectivity index is 1.33. The minimum Gasteiger partial charge on any atom is -0.491 e. The van der Waals surface area contributed by atoms with Gasteiger partial charge >= 0.3 is 0 Å². The highest BCUT2D eigenvalue weighted by atomic mass is 16.5. The summed E-state index contributed by atoms with van der Waals surface area (Å²) in [5, 5.41) is 3.24. The van der Waals surface area contributed by atoms with Crippen molar-refractivity contribution >= 4 is 17.3 Å². The van der Waals surface area contributed by atoms with Crippen molar-refractivity contribution < 1.29 is 14.3 Å². The van der Waals surface area contributed by atoms with E-state index in [9.17, 15) is 4.79 Å². The van der Waals surface area contributed by atoms with E-state index in [4.69, 9.17) is 9.47 Å². The topological polar surface area (TPSA) is 50.8 Å². The van der Waals surface area contributed by atoms with Crippen molar-refractivity contribution in [3.8, 4) is 5.75 Å². The first-order valence-electron chi connectivity index (χ1n) is 9.76. The molecule has 2 aliphatic rings. The molecule has 1 atom stereocenters. The van der Waals surface area contributed by atoms with E-state index >= 15 is 0 Å². The summed E-state index contributed by atoms with van der Waals surface area (Å²) in [5.74, 6) is 0.888. The Hall–Kier alpha value is -2.53. The number of hydrogen-bond acceptors (Lipinski definition) is 4. The highest BCUT2D eigenvalue weighted by Gasteiger charge is 2.21. The first-order valence-corrected chi connectivity index (χ1v) is 9.76. The van der Waals surface area contributed by atoms with Crippen LogP contribution in [0.15, 0.2) is 48.5 Å². The zero-order chi connectivity index (χ0) is 18.5. The lowest BCUT2D eigenvalue weighted by Gasteiger charge is -2.29. The molecule has 1 N–H and O–H groups in total. The summed E-state index contributed by atoms with van der Waals surface area (Å²) in [6.45, 7) is 2.45. The van der Waals surface area contributed by atoms with Gasteiger partial charge in [-0.2, -0.15) is 0 Å². The van der Waals surface area contributed by atoms with Crippen molar-refractivity contribution in [2.45, 2.75) is 31.8 Å². The summed E-state index contributed by atoms with van der Waals surface area (Å²) in [4.78, 5) is 14.6. The smallest absolute Gasteiger partial charge is 0.246 e. The van der Waals surface area contributed by atoms with E-state index in [2.05, 4.69) is 11.4 Å².